The third-order valence-corrected chi connectivity index (χ3v) is 3.36. The molecule has 0 saturated heterocycles. The lowest BCUT2D eigenvalue weighted by atomic mass is 10.2. The Labute approximate surface area is 130 Å². The third kappa shape index (κ3) is 2.45. The molecule has 1 aromatic heterocycles. The van der Waals surface area contributed by atoms with Crippen molar-refractivity contribution in [2.24, 2.45) is 0 Å². The van der Waals surface area contributed by atoms with Gasteiger partial charge >= 0.3 is 11.3 Å². The zero-order valence-corrected chi connectivity index (χ0v) is 11.9. The number of aromatic nitrogens is 2. The molecule has 0 unspecified atom stereocenters. The van der Waals surface area contributed by atoms with Gasteiger partial charge in [-0.15, -0.1) is 0 Å². The highest BCUT2D eigenvalue weighted by atomic mass is 16.7. The topological polar surface area (TPSA) is 68.3 Å². The van der Waals surface area contributed by atoms with Gasteiger partial charge in [-0.05, 0) is 28.2 Å². The first-order valence-electron chi connectivity index (χ1n) is 6.92. The van der Waals surface area contributed by atoms with Gasteiger partial charge in [0, 0.05) is 17.6 Å². The van der Waals surface area contributed by atoms with Crippen molar-refractivity contribution in [1.82, 2.24) is 5.27 Å². The highest BCUT2D eigenvalue weighted by Gasteiger charge is 2.24. The van der Waals surface area contributed by atoms with E-state index in [2.05, 4.69) is 17.1 Å². The zero-order valence-electron chi connectivity index (χ0n) is 11.9. The molecule has 2 aromatic carbocycles. The highest BCUT2D eigenvalue weighted by Crippen LogP contribution is 2.32. The lowest BCUT2D eigenvalue weighted by Gasteiger charge is -1.95. The predicted molar refractivity (Wildman–Crippen MR) is 79.4 cm³/mol. The van der Waals surface area contributed by atoms with E-state index in [9.17, 15) is 4.79 Å². The van der Waals surface area contributed by atoms with Crippen molar-refractivity contribution in [3.8, 4) is 29.0 Å². The van der Waals surface area contributed by atoms with Gasteiger partial charge in [0.15, 0.2) is 11.5 Å². The minimum Gasteiger partial charge on any atom is -0.454 e. The number of rotatable bonds is 1. The third-order valence-electron chi connectivity index (χ3n) is 3.36. The van der Waals surface area contributed by atoms with Crippen molar-refractivity contribution >= 4 is 0 Å². The van der Waals surface area contributed by atoms with Gasteiger partial charge in [-0.3, -0.25) is 4.52 Å². The number of aromatic amines is 1. The number of fused-ring (bicyclic) bond motifs is 1. The Balaban J connectivity index is 1.77. The summed E-state index contributed by atoms with van der Waals surface area (Å²) in [7, 11) is 0. The number of nitrogens with zero attached hydrogens (tertiary/aromatic N) is 1. The van der Waals surface area contributed by atoms with Crippen LogP contribution in [0.1, 0.15) is 11.3 Å². The summed E-state index contributed by atoms with van der Waals surface area (Å²) in [5.74, 6) is 7.07. The lowest BCUT2D eigenvalue weighted by molar-refractivity contribution is -0.672. The molecule has 0 bridgehead atoms. The quantitative estimate of drug-likeness (QED) is 0.545. The molecular formula is C17H11N2O4+. The first kappa shape index (κ1) is 13.2. The molecule has 6 heteroatoms. The van der Waals surface area contributed by atoms with Crippen molar-refractivity contribution in [3.05, 3.63) is 70.2 Å². The summed E-state index contributed by atoms with van der Waals surface area (Å²) in [6, 6.07) is 14.7. The smallest absolute Gasteiger partial charge is 0.444 e. The van der Waals surface area contributed by atoms with E-state index in [0.29, 0.717) is 17.2 Å². The average Bonchev–Trinajstić information content (AvgIpc) is 3.19. The van der Waals surface area contributed by atoms with Gasteiger partial charge in [0.1, 0.15) is 0 Å². The molecule has 0 saturated carbocycles. The van der Waals surface area contributed by atoms with Crippen molar-refractivity contribution < 1.29 is 18.7 Å². The SMILES string of the molecule is O=c1o[nH][n+](-c2ccc3c(c2)OCO3)c1C#Cc1ccccc1. The van der Waals surface area contributed by atoms with Crippen LogP contribution < -0.4 is 19.8 Å². The first-order chi connectivity index (χ1) is 11.3. The molecule has 23 heavy (non-hydrogen) atoms. The van der Waals surface area contributed by atoms with Crippen LogP contribution in [0, 0.1) is 11.8 Å². The number of hydrogen-bond donors (Lipinski definition) is 1. The van der Waals surface area contributed by atoms with Gasteiger partial charge in [-0.1, -0.05) is 24.1 Å². The second kappa shape index (κ2) is 5.39. The van der Waals surface area contributed by atoms with Crippen LogP contribution >= 0.6 is 0 Å². The second-order valence-electron chi connectivity index (χ2n) is 4.82. The van der Waals surface area contributed by atoms with E-state index >= 15 is 0 Å². The highest BCUT2D eigenvalue weighted by molar-refractivity contribution is 5.47. The second-order valence-corrected chi connectivity index (χ2v) is 4.82. The van der Waals surface area contributed by atoms with E-state index < -0.39 is 5.63 Å². The fourth-order valence-corrected chi connectivity index (χ4v) is 2.24. The zero-order chi connectivity index (χ0) is 15.6. The molecule has 1 aliphatic rings. The Bertz CT molecular complexity index is 977. The number of hydrogen-bond acceptors (Lipinski definition) is 4. The van der Waals surface area contributed by atoms with E-state index in [1.54, 1.807) is 18.2 Å². The Morgan fingerprint density at radius 1 is 1.00 bits per heavy atom. The predicted octanol–water partition coefficient (Wildman–Crippen LogP) is 1.37. The number of nitrogens with one attached hydrogen (secondary N) is 1. The standard InChI is InChI=1S/C17H10N2O4/c20-17-14(8-6-12-4-2-1-3-5-12)19(18-23-17)13-7-9-15-16(10-13)22-11-21-15/h1-5,7,9-10H,11H2/p+1. The van der Waals surface area contributed by atoms with Crippen LogP contribution in [-0.4, -0.2) is 12.1 Å². The fourth-order valence-electron chi connectivity index (χ4n) is 2.24. The fraction of sp³-hybridized carbons (Fsp3) is 0.0588. The molecule has 6 nitrogen and oxygen atoms in total. The molecule has 3 aromatic rings. The Hall–Kier alpha value is -3.46. The van der Waals surface area contributed by atoms with Gasteiger partial charge in [-0.2, -0.15) is 0 Å². The van der Waals surface area contributed by atoms with Gasteiger partial charge < -0.3 is 9.47 Å². The normalized spacial score (nSPS) is 11.8. The maximum Gasteiger partial charge on any atom is 0.444 e. The number of benzene rings is 2. The summed E-state index contributed by atoms with van der Waals surface area (Å²) in [6.07, 6.45) is 0. The van der Waals surface area contributed by atoms with Crippen molar-refractivity contribution in [1.29, 1.82) is 0 Å². The molecule has 1 aliphatic heterocycles. The van der Waals surface area contributed by atoms with E-state index in [0.717, 1.165) is 5.56 Å². The number of ether oxygens (including phenoxy) is 2. The van der Waals surface area contributed by atoms with Crippen molar-refractivity contribution in [2.45, 2.75) is 0 Å². The molecule has 0 aliphatic carbocycles. The van der Waals surface area contributed by atoms with E-state index in [4.69, 9.17) is 14.0 Å². The first-order valence-corrected chi connectivity index (χ1v) is 6.92. The Morgan fingerprint density at radius 3 is 2.70 bits per heavy atom. The maximum atomic E-state index is 11.9. The summed E-state index contributed by atoms with van der Waals surface area (Å²) >= 11 is 0. The monoisotopic (exact) mass is 307 g/mol. The molecule has 112 valence electrons. The summed E-state index contributed by atoms with van der Waals surface area (Å²) in [4.78, 5) is 11.9. The Morgan fingerprint density at radius 2 is 1.83 bits per heavy atom. The molecule has 2 heterocycles. The summed E-state index contributed by atoms with van der Waals surface area (Å²) in [5, 5.41) is 2.55. The summed E-state index contributed by atoms with van der Waals surface area (Å²) in [6.45, 7) is 0.187. The van der Waals surface area contributed by atoms with Gasteiger partial charge in [-0.25, -0.2) is 4.79 Å². The molecule has 0 radical (unpaired) electrons. The molecule has 4 rings (SSSR count). The minimum absolute atomic E-state index is 0.187. The van der Waals surface area contributed by atoms with Crippen molar-refractivity contribution in [2.75, 3.05) is 6.79 Å². The van der Waals surface area contributed by atoms with Crippen LogP contribution in [0.25, 0.3) is 5.69 Å². The average molecular weight is 307 g/mol. The van der Waals surface area contributed by atoms with Crippen LogP contribution in [0.4, 0.5) is 0 Å². The van der Waals surface area contributed by atoms with Crippen LogP contribution in [0.5, 0.6) is 11.5 Å². The molecule has 0 spiro atoms. The van der Waals surface area contributed by atoms with Crippen LogP contribution in [0.2, 0.25) is 0 Å². The lowest BCUT2D eigenvalue weighted by Crippen LogP contribution is -2.37. The van der Waals surface area contributed by atoms with Gasteiger partial charge in [0.2, 0.25) is 12.5 Å². The number of H-pyrrole nitrogens is 1. The van der Waals surface area contributed by atoms with Gasteiger partial charge in [0.05, 0.1) is 6.07 Å². The molecule has 0 fully saturated rings. The molecule has 0 atom stereocenters. The van der Waals surface area contributed by atoms with E-state index in [-0.39, 0.29) is 12.5 Å². The van der Waals surface area contributed by atoms with Crippen LogP contribution in [0.3, 0.4) is 0 Å². The molecule has 0 amide bonds. The maximum absolute atomic E-state index is 11.9. The molecular weight excluding hydrogens is 296 g/mol. The van der Waals surface area contributed by atoms with Gasteiger partial charge in [0.25, 0.3) is 0 Å². The Kier molecular flexibility index (Phi) is 3.10. The van der Waals surface area contributed by atoms with E-state index in [1.807, 2.05) is 30.3 Å². The van der Waals surface area contributed by atoms with E-state index in [1.165, 1.54) is 4.68 Å². The minimum atomic E-state index is -0.536. The van der Waals surface area contributed by atoms with Crippen LogP contribution in [-0.2, 0) is 0 Å². The summed E-state index contributed by atoms with van der Waals surface area (Å²) < 4.78 is 17.0. The van der Waals surface area contributed by atoms with Crippen LogP contribution in [0.15, 0.2) is 57.8 Å². The largest absolute Gasteiger partial charge is 0.454 e. The van der Waals surface area contributed by atoms with Crippen molar-refractivity contribution in [3.63, 3.8) is 0 Å². The molecule has 1 N–H and O–H groups in total. The summed E-state index contributed by atoms with van der Waals surface area (Å²) in [5.41, 5.74) is 1.14.